The maximum Gasteiger partial charge on any atom is 0.242 e. The van der Waals surface area contributed by atoms with Gasteiger partial charge in [-0.25, -0.2) is 17.5 Å². The molecule has 1 aliphatic heterocycles. The molecule has 0 aromatic heterocycles. The predicted octanol–water partition coefficient (Wildman–Crippen LogP) is -0.697. The van der Waals surface area contributed by atoms with Gasteiger partial charge in [0.25, 0.3) is 0 Å². The minimum atomic E-state index is -3.90. The second-order valence-corrected chi connectivity index (χ2v) is 6.16. The largest absolute Gasteiger partial charge is 0.354 e. The first-order valence-corrected chi connectivity index (χ1v) is 7.68. The number of benzene rings is 1. The average molecular weight is 311 g/mol. The molecule has 1 aromatic rings. The zero-order valence-corrected chi connectivity index (χ0v) is 11.8. The van der Waals surface area contributed by atoms with Crippen molar-refractivity contribution in [2.24, 2.45) is 5.73 Å². The summed E-state index contributed by atoms with van der Waals surface area (Å²) in [5.41, 5.74) is 5.28. The summed E-state index contributed by atoms with van der Waals surface area (Å²) in [5.74, 6) is 4.23. The lowest BCUT2D eigenvalue weighted by atomic mass is 10.2. The first-order valence-electron chi connectivity index (χ1n) is 6.20. The highest BCUT2D eigenvalue weighted by Gasteiger charge is 2.28. The van der Waals surface area contributed by atoms with E-state index in [9.17, 15) is 17.6 Å². The topological polar surface area (TPSA) is 101 Å². The second kappa shape index (κ2) is 6.22. The van der Waals surface area contributed by atoms with Crippen molar-refractivity contribution in [3.8, 4) is 11.8 Å². The van der Waals surface area contributed by atoms with Crippen LogP contribution in [0.1, 0.15) is 12.0 Å². The minimum Gasteiger partial charge on any atom is -0.354 e. The third-order valence-corrected chi connectivity index (χ3v) is 4.43. The molecule has 4 N–H and O–H groups in total. The van der Waals surface area contributed by atoms with Gasteiger partial charge in [0, 0.05) is 24.6 Å². The first-order chi connectivity index (χ1) is 9.92. The van der Waals surface area contributed by atoms with Crippen molar-refractivity contribution in [2.45, 2.75) is 17.4 Å². The molecule has 0 saturated carbocycles. The Hall–Kier alpha value is -1.95. The van der Waals surface area contributed by atoms with E-state index in [0.717, 1.165) is 18.2 Å². The molecular formula is C13H14FN3O3S. The molecule has 0 radical (unpaired) electrons. The summed E-state index contributed by atoms with van der Waals surface area (Å²) >= 11 is 0. The van der Waals surface area contributed by atoms with Crippen LogP contribution in [0.2, 0.25) is 0 Å². The number of nitrogens with two attached hydrogens (primary N) is 1. The van der Waals surface area contributed by atoms with Crippen molar-refractivity contribution >= 4 is 15.9 Å². The third kappa shape index (κ3) is 3.78. The summed E-state index contributed by atoms with van der Waals surface area (Å²) in [6.07, 6.45) is 0.0736. The van der Waals surface area contributed by atoms with Gasteiger partial charge in [0.05, 0.1) is 11.4 Å². The quantitative estimate of drug-likeness (QED) is 0.643. The van der Waals surface area contributed by atoms with Crippen LogP contribution in [0.15, 0.2) is 23.1 Å². The Labute approximate surface area is 122 Å². The van der Waals surface area contributed by atoms with Crippen molar-refractivity contribution in [1.29, 1.82) is 0 Å². The van der Waals surface area contributed by atoms with E-state index in [2.05, 4.69) is 21.9 Å². The fourth-order valence-electron chi connectivity index (χ4n) is 1.95. The van der Waals surface area contributed by atoms with E-state index >= 15 is 0 Å². The summed E-state index contributed by atoms with van der Waals surface area (Å²) in [7, 11) is -3.90. The number of sulfonamides is 1. The summed E-state index contributed by atoms with van der Waals surface area (Å²) in [6.45, 7) is 0.257. The highest BCUT2D eigenvalue weighted by atomic mass is 32.2. The van der Waals surface area contributed by atoms with Crippen molar-refractivity contribution in [2.75, 3.05) is 13.1 Å². The molecular weight excluding hydrogens is 297 g/mol. The number of hydrogen-bond acceptors (Lipinski definition) is 4. The smallest absolute Gasteiger partial charge is 0.242 e. The van der Waals surface area contributed by atoms with Gasteiger partial charge in [0.1, 0.15) is 5.82 Å². The zero-order valence-electron chi connectivity index (χ0n) is 11.0. The Morgan fingerprint density at radius 2 is 2.24 bits per heavy atom. The van der Waals surface area contributed by atoms with Gasteiger partial charge in [-0.3, -0.25) is 4.79 Å². The van der Waals surface area contributed by atoms with Gasteiger partial charge in [-0.2, -0.15) is 0 Å². The molecule has 8 heteroatoms. The first kappa shape index (κ1) is 15.4. The Morgan fingerprint density at radius 3 is 2.86 bits per heavy atom. The van der Waals surface area contributed by atoms with Gasteiger partial charge < -0.3 is 11.1 Å². The molecule has 1 fully saturated rings. The van der Waals surface area contributed by atoms with Gasteiger partial charge in [0.15, 0.2) is 0 Å². The predicted molar refractivity (Wildman–Crippen MR) is 74.1 cm³/mol. The van der Waals surface area contributed by atoms with Crippen LogP contribution in [0.4, 0.5) is 4.39 Å². The van der Waals surface area contributed by atoms with E-state index in [1.54, 1.807) is 0 Å². The molecule has 0 bridgehead atoms. The Bertz CT molecular complexity index is 722. The Balaban J connectivity index is 2.33. The van der Waals surface area contributed by atoms with E-state index in [4.69, 9.17) is 5.73 Å². The molecule has 2 rings (SSSR count). The molecule has 1 aliphatic rings. The van der Waals surface area contributed by atoms with Crippen LogP contribution in [0.5, 0.6) is 0 Å². The van der Waals surface area contributed by atoms with Crippen LogP contribution < -0.4 is 15.8 Å². The standard InChI is InChI=1S/C13H14FN3O3S/c14-10-3-4-12(9(6-10)2-1-5-15)21(19,20)17-11-7-13(18)16-8-11/h3-4,6,11,17H,5,7-8,15H2,(H,16,18). The van der Waals surface area contributed by atoms with E-state index in [1.807, 2.05) is 0 Å². The SMILES string of the molecule is NCC#Cc1cc(F)ccc1S(=O)(=O)NC1CNC(=O)C1. The Kier molecular flexibility index (Phi) is 4.57. The van der Waals surface area contributed by atoms with Gasteiger partial charge in [-0.15, -0.1) is 0 Å². The van der Waals surface area contributed by atoms with Crippen LogP contribution in [0.25, 0.3) is 0 Å². The second-order valence-electron chi connectivity index (χ2n) is 4.47. The van der Waals surface area contributed by atoms with Crippen LogP contribution >= 0.6 is 0 Å². The number of hydrogen-bond donors (Lipinski definition) is 3. The molecule has 21 heavy (non-hydrogen) atoms. The van der Waals surface area contributed by atoms with Crippen LogP contribution in [0.3, 0.4) is 0 Å². The molecule has 6 nitrogen and oxygen atoms in total. The van der Waals surface area contributed by atoms with E-state index in [-0.39, 0.29) is 35.9 Å². The maximum absolute atomic E-state index is 13.2. The van der Waals surface area contributed by atoms with E-state index in [1.165, 1.54) is 0 Å². The van der Waals surface area contributed by atoms with E-state index < -0.39 is 21.9 Å². The molecule has 112 valence electrons. The number of nitrogens with one attached hydrogen (secondary N) is 2. The number of amides is 1. The summed E-state index contributed by atoms with van der Waals surface area (Å²) in [4.78, 5) is 11.0. The normalized spacial score (nSPS) is 18.0. The lowest BCUT2D eigenvalue weighted by Crippen LogP contribution is -2.36. The van der Waals surface area contributed by atoms with Crippen molar-refractivity contribution in [3.05, 3.63) is 29.6 Å². The van der Waals surface area contributed by atoms with Crippen LogP contribution in [0, 0.1) is 17.7 Å². The molecule has 0 aliphatic carbocycles. The number of rotatable bonds is 3. The lowest BCUT2D eigenvalue weighted by molar-refractivity contribution is -0.119. The summed E-state index contributed by atoms with van der Waals surface area (Å²) in [6, 6.07) is 2.70. The third-order valence-electron chi connectivity index (χ3n) is 2.86. The van der Waals surface area contributed by atoms with E-state index in [0.29, 0.717) is 0 Å². The fraction of sp³-hybridized carbons (Fsp3) is 0.308. The summed E-state index contributed by atoms with van der Waals surface area (Å²) < 4.78 is 40.3. The molecule has 1 heterocycles. The molecule has 1 atom stereocenters. The average Bonchev–Trinajstić information content (AvgIpc) is 2.80. The molecule has 1 amide bonds. The number of carbonyl (C=O) groups is 1. The minimum absolute atomic E-state index is 0.0322. The Morgan fingerprint density at radius 1 is 1.48 bits per heavy atom. The number of carbonyl (C=O) groups excluding carboxylic acids is 1. The molecule has 1 aromatic carbocycles. The van der Waals surface area contributed by atoms with Crippen LogP contribution in [-0.4, -0.2) is 33.5 Å². The van der Waals surface area contributed by atoms with Crippen molar-refractivity contribution < 1.29 is 17.6 Å². The lowest BCUT2D eigenvalue weighted by Gasteiger charge is -2.12. The van der Waals surface area contributed by atoms with Crippen molar-refractivity contribution in [3.63, 3.8) is 0 Å². The highest BCUT2D eigenvalue weighted by Crippen LogP contribution is 2.17. The highest BCUT2D eigenvalue weighted by molar-refractivity contribution is 7.89. The molecule has 1 unspecified atom stereocenters. The number of halogens is 1. The van der Waals surface area contributed by atoms with Gasteiger partial charge in [-0.1, -0.05) is 11.8 Å². The van der Waals surface area contributed by atoms with Gasteiger partial charge >= 0.3 is 0 Å². The summed E-state index contributed by atoms with van der Waals surface area (Å²) in [5, 5.41) is 2.53. The van der Waals surface area contributed by atoms with Crippen molar-refractivity contribution in [1.82, 2.24) is 10.0 Å². The maximum atomic E-state index is 13.2. The van der Waals surface area contributed by atoms with Crippen LogP contribution in [-0.2, 0) is 14.8 Å². The zero-order chi connectivity index (χ0) is 15.5. The monoisotopic (exact) mass is 311 g/mol. The molecule has 1 saturated heterocycles. The van der Waals surface area contributed by atoms with Gasteiger partial charge in [0.2, 0.25) is 15.9 Å². The molecule has 0 spiro atoms. The van der Waals surface area contributed by atoms with Gasteiger partial charge in [-0.05, 0) is 18.2 Å². The fourth-order valence-corrected chi connectivity index (χ4v) is 3.33.